The molecule has 4 aromatic rings. The first-order valence-corrected chi connectivity index (χ1v) is 8.63. The third-order valence-corrected chi connectivity index (χ3v) is 4.52. The van der Waals surface area contributed by atoms with Crippen LogP contribution in [0.4, 0.5) is 5.69 Å². The number of benzene rings is 3. The molecule has 0 fully saturated rings. The van der Waals surface area contributed by atoms with Crippen molar-refractivity contribution in [2.24, 2.45) is 7.05 Å². The number of anilines is 1. The highest BCUT2D eigenvalue weighted by Gasteiger charge is 2.15. The van der Waals surface area contributed by atoms with E-state index in [1.54, 1.807) is 24.9 Å². The molecule has 0 spiro atoms. The average Bonchev–Trinajstić information content (AvgIpc) is 3.10. The summed E-state index contributed by atoms with van der Waals surface area (Å²) in [5.41, 5.74) is 2.89. The Morgan fingerprint density at radius 3 is 2.63 bits per heavy atom. The van der Waals surface area contributed by atoms with Crippen LogP contribution in [0, 0.1) is 0 Å². The quantitative estimate of drug-likeness (QED) is 0.585. The number of hydrogen-bond donors (Lipinski definition) is 1. The molecule has 0 atom stereocenters. The van der Waals surface area contributed by atoms with E-state index in [1.165, 1.54) is 0 Å². The molecule has 0 bridgehead atoms. The molecule has 4 rings (SSSR count). The number of ether oxygens (including phenoxy) is 1. The average molecular weight is 357 g/mol. The van der Waals surface area contributed by atoms with Crippen molar-refractivity contribution < 1.29 is 9.53 Å². The van der Waals surface area contributed by atoms with Gasteiger partial charge in [-0.1, -0.05) is 48.5 Å². The number of nitrogens with one attached hydrogen (secondary N) is 1. The topological polar surface area (TPSA) is 56.1 Å². The standard InChI is InChI=1S/C22H19N3O2/c1-25-21(14-20(24-25)16-9-5-10-17(13-16)27-2)22(26)23-19-12-6-8-15-7-3-4-11-18(15)19/h3-14H,1-2H3,(H,23,26). The van der Waals surface area contributed by atoms with E-state index in [-0.39, 0.29) is 5.91 Å². The second-order valence-corrected chi connectivity index (χ2v) is 6.25. The van der Waals surface area contributed by atoms with Crippen molar-refractivity contribution in [1.82, 2.24) is 9.78 Å². The number of carbonyl (C=O) groups is 1. The van der Waals surface area contributed by atoms with Crippen LogP contribution in [-0.2, 0) is 7.05 Å². The van der Waals surface area contributed by atoms with Gasteiger partial charge in [0.05, 0.1) is 12.8 Å². The van der Waals surface area contributed by atoms with Gasteiger partial charge in [0.25, 0.3) is 5.91 Å². The molecule has 5 heteroatoms. The second kappa shape index (κ2) is 6.96. The Morgan fingerprint density at radius 2 is 1.78 bits per heavy atom. The maximum atomic E-state index is 12.8. The van der Waals surface area contributed by atoms with E-state index in [9.17, 15) is 4.79 Å². The van der Waals surface area contributed by atoms with Gasteiger partial charge >= 0.3 is 0 Å². The van der Waals surface area contributed by atoms with Gasteiger partial charge in [-0.25, -0.2) is 0 Å². The van der Waals surface area contributed by atoms with Crippen LogP contribution in [0.25, 0.3) is 22.0 Å². The van der Waals surface area contributed by atoms with E-state index in [2.05, 4.69) is 10.4 Å². The molecular formula is C22H19N3O2. The molecule has 0 radical (unpaired) electrons. The zero-order chi connectivity index (χ0) is 18.8. The lowest BCUT2D eigenvalue weighted by atomic mass is 10.1. The molecule has 0 aliphatic heterocycles. The molecule has 5 nitrogen and oxygen atoms in total. The van der Waals surface area contributed by atoms with Gasteiger partial charge in [-0.05, 0) is 29.7 Å². The van der Waals surface area contributed by atoms with Crippen molar-refractivity contribution in [3.8, 4) is 17.0 Å². The first kappa shape index (κ1) is 16.8. The summed E-state index contributed by atoms with van der Waals surface area (Å²) in [5.74, 6) is 0.551. The first-order chi connectivity index (χ1) is 13.2. The SMILES string of the molecule is COc1cccc(-c2cc(C(=O)Nc3cccc4ccccc34)n(C)n2)c1. The maximum Gasteiger partial charge on any atom is 0.273 e. The summed E-state index contributed by atoms with van der Waals surface area (Å²) < 4.78 is 6.86. The molecule has 0 aliphatic carbocycles. The number of aryl methyl sites for hydroxylation is 1. The van der Waals surface area contributed by atoms with Crippen molar-refractivity contribution in [2.45, 2.75) is 0 Å². The Balaban J connectivity index is 1.65. The number of methoxy groups -OCH3 is 1. The Labute approximate surface area is 157 Å². The highest BCUT2D eigenvalue weighted by atomic mass is 16.5. The molecule has 1 N–H and O–H groups in total. The lowest BCUT2D eigenvalue weighted by Gasteiger charge is -2.08. The van der Waals surface area contributed by atoms with Gasteiger partial charge in [-0.2, -0.15) is 5.10 Å². The Morgan fingerprint density at radius 1 is 1.00 bits per heavy atom. The van der Waals surface area contributed by atoms with E-state index < -0.39 is 0 Å². The number of fused-ring (bicyclic) bond motifs is 1. The van der Waals surface area contributed by atoms with Gasteiger partial charge < -0.3 is 10.1 Å². The number of hydrogen-bond acceptors (Lipinski definition) is 3. The normalized spacial score (nSPS) is 10.7. The third kappa shape index (κ3) is 3.27. The van der Waals surface area contributed by atoms with Crippen LogP contribution in [0.15, 0.2) is 72.8 Å². The molecule has 0 unspecified atom stereocenters. The lowest BCUT2D eigenvalue weighted by Crippen LogP contribution is -2.16. The monoisotopic (exact) mass is 357 g/mol. The molecule has 134 valence electrons. The minimum atomic E-state index is -0.199. The molecule has 1 aromatic heterocycles. The van der Waals surface area contributed by atoms with Gasteiger partial charge in [0.1, 0.15) is 11.4 Å². The van der Waals surface area contributed by atoms with Crippen LogP contribution in [-0.4, -0.2) is 22.8 Å². The Bertz CT molecular complexity index is 1130. The second-order valence-electron chi connectivity index (χ2n) is 6.25. The molecule has 1 amide bonds. The number of amides is 1. The largest absolute Gasteiger partial charge is 0.497 e. The van der Waals surface area contributed by atoms with E-state index in [0.29, 0.717) is 5.69 Å². The fraction of sp³-hybridized carbons (Fsp3) is 0.0909. The maximum absolute atomic E-state index is 12.8. The van der Waals surface area contributed by atoms with Gasteiger partial charge in [0.15, 0.2) is 0 Å². The van der Waals surface area contributed by atoms with Crippen molar-refractivity contribution >= 4 is 22.4 Å². The van der Waals surface area contributed by atoms with Gasteiger partial charge in [-0.3, -0.25) is 9.48 Å². The highest BCUT2D eigenvalue weighted by Crippen LogP contribution is 2.26. The van der Waals surface area contributed by atoms with Gasteiger partial charge in [0.2, 0.25) is 0 Å². The minimum Gasteiger partial charge on any atom is -0.497 e. The third-order valence-electron chi connectivity index (χ3n) is 4.52. The van der Waals surface area contributed by atoms with E-state index in [0.717, 1.165) is 33.5 Å². The van der Waals surface area contributed by atoms with Crippen molar-refractivity contribution in [3.63, 3.8) is 0 Å². The molecule has 1 heterocycles. The van der Waals surface area contributed by atoms with Gasteiger partial charge in [0, 0.05) is 23.7 Å². The Hall–Kier alpha value is -3.60. The summed E-state index contributed by atoms with van der Waals surface area (Å²) in [7, 11) is 3.39. The fourth-order valence-electron chi connectivity index (χ4n) is 3.12. The van der Waals surface area contributed by atoms with Crippen molar-refractivity contribution in [1.29, 1.82) is 0 Å². The number of carbonyl (C=O) groups excluding carboxylic acids is 1. The van der Waals surface area contributed by atoms with Gasteiger partial charge in [-0.15, -0.1) is 0 Å². The van der Waals surface area contributed by atoms with Crippen LogP contribution in [0.5, 0.6) is 5.75 Å². The number of rotatable bonds is 4. The van der Waals surface area contributed by atoms with Crippen LogP contribution in [0.3, 0.4) is 0 Å². The zero-order valence-corrected chi connectivity index (χ0v) is 15.1. The molecular weight excluding hydrogens is 338 g/mol. The molecule has 0 aliphatic rings. The van der Waals surface area contributed by atoms with Crippen LogP contribution >= 0.6 is 0 Å². The predicted octanol–water partition coefficient (Wildman–Crippen LogP) is 4.50. The van der Waals surface area contributed by atoms with Crippen molar-refractivity contribution in [3.05, 3.63) is 78.5 Å². The Kier molecular flexibility index (Phi) is 4.34. The molecule has 0 saturated carbocycles. The first-order valence-electron chi connectivity index (χ1n) is 8.63. The van der Waals surface area contributed by atoms with E-state index in [1.807, 2.05) is 66.7 Å². The summed E-state index contributed by atoms with van der Waals surface area (Å²) in [5, 5.41) is 9.57. The smallest absolute Gasteiger partial charge is 0.273 e. The summed E-state index contributed by atoms with van der Waals surface area (Å²) in [4.78, 5) is 12.8. The predicted molar refractivity (Wildman–Crippen MR) is 107 cm³/mol. The zero-order valence-electron chi connectivity index (χ0n) is 15.1. The van der Waals surface area contributed by atoms with Crippen LogP contribution in [0.2, 0.25) is 0 Å². The molecule has 3 aromatic carbocycles. The summed E-state index contributed by atoms with van der Waals surface area (Å²) in [6, 6.07) is 23.2. The summed E-state index contributed by atoms with van der Waals surface area (Å²) in [6.07, 6.45) is 0. The van der Waals surface area contributed by atoms with Crippen LogP contribution in [0.1, 0.15) is 10.5 Å². The molecule has 0 saturated heterocycles. The van der Waals surface area contributed by atoms with E-state index in [4.69, 9.17) is 4.74 Å². The number of aromatic nitrogens is 2. The van der Waals surface area contributed by atoms with E-state index >= 15 is 0 Å². The van der Waals surface area contributed by atoms with Crippen molar-refractivity contribution in [2.75, 3.05) is 12.4 Å². The summed E-state index contributed by atoms with van der Waals surface area (Å²) in [6.45, 7) is 0. The summed E-state index contributed by atoms with van der Waals surface area (Å²) >= 11 is 0. The highest BCUT2D eigenvalue weighted by molar-refractivity contribution is 6.08. The lowest BCUT2D eigenvalue weighted by molar-refractivity contribution is 0.101. The minimum absolute atomic E-state index is 0.199. The number of nitrogens with zero attached hydrogens (tertiary/aromatic N) is 2. The van der Waals surface area contributed by atoms with Crippen LogP contribution < -0.4 is 10.1 Å². The molecule has 27 heavy (non-hydrogen) atoms. The fourth-order valence-corrected chi connectivity index (χ4v) is 3.12.